The molecule has 0 aromatic carbocycles. The maximum Gasteiger partial charge on any atom is 0.332 e. The van der Waals surface area contributed by atoms with E-state index in [4.69, 9.17) is 5.73 Å². The van der Waals surface area contributed by atoms with Gasteiger partial charge in [0.05, 0.1) is 0 Å². The lowest BCUT2D eigenvalue weighted by atomic mass is 10.3. The van der Waals surface area contributed by atoms with Crippen LogP contribution in [0.25, 0.3) is 11.2 Å². The highest BCUT2D eigenvalue weighted by atomic mass is 16.2. The molecule has 0 atom stereocenters. The number of aromatic nitrogens is 4. The normalized spacial score (nSPS) is 11.7. The number of rotatable bonds is 5. The Morgan fingerprint density at radius 1 is 1.19 bits per heavy atom. The summed E-state index contributed by atoms with van der Waals surface area (Å²) in [5.41, 5.74) is 6.02. The fourth-order valence-electron chi connectivity index (χ4n) is 2.68. The second-order valence-electron chi connectivity index (χ2n) is 5.29. The first-order valence-electron chi connectivity index (χ1n) is 7.42. The molecule has 0 aliphatic rings. The third-order valence-corrected chi connectivity index (χ3v) is 3.64. The third-order valence-electron chi connectivity index (χ3n) is 3.64. The number of hydrogen-bond acceptors (Lipinski definition) is 4. The van der Waals surface area contributed by atoms with Crippen LogP contribution in [0, 0.1) is 0 Å². The zero-order valence-corrected chi connectivity index (χ0v) is 13.1. The largest absolute Gasteiger partial charge is 0.332 e. The molecule has 7 heteroatoms. The molecule has 2 aromatic rings. The molecule has 0 bridgehead atoms. The molecule has 2 aromatic heterocycles. The summed E-state index contributed by atoms with van der Waals surface area (Å²) in [6.07, 6.45) is 0.687. The second-order valence-corrected chi connectivity index (χ2v) is 5.29. The van der Waals surface area contributed by atoms with Crippen molar-refractivity contribution in [3.05, 3.63) is 26.7 Å². The minimum Gasteiger partial charge on any atom is -0.329 e. The minimum absolute atomic E-state index is 0.0654. The van der Waals surface area contributed by atoms with E-state index >= 15 is 0 Å². The van der Waals surface area contributed by atoms with Crippen molar-refractivity contribution < 1.29 is 0 Å². The molecule has 0 aliphatic carbocycles. The minimum atomic E-state index is -0.301. The molecule has 0 amide bonds. The van der Waals surface area contributed by atoms with Crippen LogP contribution in [0.3, 0.4) is 0 Å². The van der Waals surface area contributed by atoms with Crippen LogP contribution in [0.5, 0.6) is 0 Å². The van der Waals surface area contributed by atoms with Gasteiger partial charge < -0.3 is 10.3 Å². The van der Waals surface area contributed by atoms with Crippen molar-refractivity contribution in [1.82, 2.24) is 18.7 Å². The van der Waals surface area contributed by atoms with E-state index in [1.807, 2.05) is 25.3 Å². The average Bonchev–Trinajstić information content (AvgIpc) is 2.78. The predicted molar refractivity (Wildman–Crippen MR) is 82.7 cm³/mol. The van der Waals surface area contributed by atoms with Gasteiger partial charge in [-0.1, -0.05) is 6.92 Å². The summed E-state index contributed by atoms with van der Waals surface area (Å²) < 4.78 is 4.70. The predicted octanol–water partition coefficient (Wildman–Crippen LogP) is 0.482. The standard InChI is InChI=1S/C14H23N5O2/c1-5-10-16-12-11(18(10)8-7-15)13(20)17(6-2)14(21)19(12)9(3)4/h9H,5-8,15H2,1-4H3. The van der Waals surface area contributed by atoms with Crippen LogP contribution in [0.1, 0.15) is 39.6 Å². The quantitative estimate of drug-likeness (QED) is 0.868. The molecule has 0 saturated heterocycles. The molecule has 2 rings (SSSR count). The van der Waals surface area contributed by atoms with Gasteiger partial charge in [0.1, 0.15) is 5.82 Å². The molecule has 21 heavy (non-hydrogen) atoms. The van der Waals surface area contributed by atoms with Gasteiger partial charge in [-0.2, -0.15) is 0 Å². The third kappa shape index (κ3) is 2.31. The van der Waals surface area contributed by atoms with Crippen molar-refractivity contribution in [3.63, 3.8) is 0 Å². The van der Waals surface area contributed by atoms with Gasteiger partial charge in [0, 0.05) is 32.1 Å². The fourth-order valence-corrected chi connectivity index (χ4v) is 2.68. The van der Waals surface area contributed by atoms with Crippen molar-refractivity contribution in [3.8, 4) is 0 Å². The Labute approximate surface area is 123 Å². The summed E-state index contributed by atoms with van der Waals surface area (Å²) in [5.74, 6) is 0.787. The lowest BCUT2D eigenvalue weighted by molar-refractivity contribution is 0.532. The smallest absolute Gasteiger partial charge is 0.329 e. The average molecular weight is 293 g/mol. The van der Waals surface area contributed by atoms with Crippen LogP contribution >= 0.6 is 0 Å². The number of hydrogen-bond donors (Lipinski definition) is 1. The summed E-state index contributed by atoms with van der Waals surface area (Å²) in [7, 11) is 0. The SMILES string of the molecule is CCc1nc2c(c(=O)n(CC)c(=O)n2C(C)C)n1CCN. The molecule has 7 nitrogen and oxygen atoms in total. The van der Waals surface area contributed by atoms with E-state index in [-0.39, 0.29) is 17.3 Å². The van der Waals surface area contributed by atoms with E-state index in [0.717, 1.165) is 5.82 Å². The number of nitrogens with zero attached hydrogens (tertiary/aromatic N) is 4. The summed E-state index contributed by atoms with van der Waals surface area (Å²) >= 11 is 0. The molecule has 0 aliphatic heterocycles. The highest BCUT2D eigenvalue weighted by Gasteiger charge is 2.21. The van der Waals surface area contributed by atoms with Gasteiger partial charge in [0.2, 0.25) is 0 Å². The zero-order valence-electron chi connectivity index (χ0n) is 13.1. The Morgan fingerprint density at radius 2 is 1.86 bits per heavy atom. The zero-order chi connectivity index (χ0) is 15.7. The topological polar surface area (TPSA) is 87.8 Å². The maximum absolute atomic E-state index is 12.6. The van der Waals surface area contributed by atoms with E-state index in [0.29, 0.717) is 37.2 Å². The summed E-state index contributed by atoms with van der Waals surface area (Å²) in [6, 6.07) is -0.0654. The van der Waals surface area contributed by atoms with E-state index in [9.17, 15) is 9.59 Å². The van der Waals surface area contributed by atoms with Crippen molar-refractivity contribution >= 4 is 11.2 Å². The molecule has 116 valence electrons. The van der Waals surface area contributed by atoms with E-state index in [1.165, 1.54) is 4.57 Å². The first-order chi connectivity index (χ1) is 9.97. The molecule has 2 N–H and O–H groups in total. The molecule has 0 unspecified atom stereocenters. The molecular formula is C14H23N5O2. The van der Waals surface area contributed by atoms with Crippen molar-refractivity contribution in [2.75, 3.05) is 6.54 Å². The Kier molecular flexibility index (Phi) is 4.32. The first-order valence-corrected chi connectivity index (χ1v) is 7.42. The van der Waals surface area contributed by atoms with Crippen LogP contribution in [-0.4, -0.2) is 25.2 Å². The van der Waals surface area contributed by atoms with Crippen molar-refractivity contribution in [2.45, 2.75) is 53.2 Å². The Bertz CT molecular complexity index is 766. The monoisotopic (exact) mass is 293 g/mol. The Balaban J connectivity index is 3.03. The number of aryl methyl sites for hydroxylation is 1. The summed E-state index contributed by atoms with van der Waals surface area (Å²) in [4.78, 5) is 29.6. The van der Waals surface area contributed by atoms with Crippen LogP contribution in [0.2, 0.25) is 0 Å². The second kappa shape index (κ2) is 5.85. The lowest BCUT2D eigenvalue weighted by Crippen LogP contribution is -2.41. The van der Waals surface area contributed by atoms with Crippen LogP contribution in [0.15, 0.2) is 9.59 Å². The first kappa shape index (κ1) is 15.5. The van der Waals surface area contributed by atoms with Crippen LogP contribution in [-0.2, 0) is 19.5 Å². The Morgan fingerprint density at radius 3 is 2.33 bits per heavy atom. The van der Waals surface area contributed by atoms with Gasteiger partial charge in [0.15, 0.2) is 11.2 Å². The maximum atomic E-state index is 12.6. The molecule has 2 heterocycles. The lowest BCUT2D eigenvalue weighted by Gasteiger charge is -2.14. The Hall–Kier alpha value is -1.89. The summed E-state index contributed by atoms with van der Waals surface area (Å²) in [6.45, 7) is 8.89. The molecule has 0 spiro atoms. The highest BCUT2D eigenvalue weighted by Crippen LogP contribution is 2.15. The molecule has 0 saturated carbocycles. The number of imidazole rings is 1. The van der Waals surface area contributed by atoms with Gasteiger partial charge in [-0.25, -0.2) is 9.78 Å². The summed E-state index contributed by atoms with van der Waals surface area (Å²) in [5, 5.41) is 0. The van der Waals surface area contributed by atoms with Gasteiger partial charge in [-0.3, -0.25) is 13.9 Å². The van der Waals surface area contributed by atoms with Crippen molar-refractivity contribution in [1.29, 1.82) is 0 Å². The highest BCUT2D eigenvalue weighted by molar-refractivity contribution is 5.71. The van der Waals surface area contributed by atoms with Gasteiger partial charge in [-0.05, 0) is 20.8 Å². The fraction of sp³-hybridized carbons (Fsp3) is 0.643. The van der Waals surface area contributed by atoms with Crippen LogP contribution < -0.4 is 17.0 Å². The van der Waals surface area contributed by atoms with Crippen LogP contribution in [0.4, 0.5) is 0 Å². The number of nitrogens with two attached hydrogens (primary N) is 1. The van der Waals surface area contributed by atoms with Gasteiger partial charge in [-0.15, -0.1) is 0 Å². The molecule has 0 radical (unpaired) electrons. The van der Waals surface area contributed by atoms with E-state index in [2.05, 4.69) is 4.98 Å². The van der Waals surface area contributed by atoms with E-state index in [1.54, 1.807) is 11.5 Å². The number of fused-ring (bicyclic) bond motifs is 1. The molecular weight excluding hydrogens is 270 g/mol. The van der Waals surface area contributed by atoms with Gasteiger partial charge in [0.25, 0.3) is 5.56 Å². The molecule has 0 fully saturated rings. The van der Waals surface area contributed by atoms with Crippen molar-refractivity contribution in [2.24, 2.45) is 5.73 Å². The van der Waals surface area contributed by atoms with Gasteiger partial charge >= 0.3 is 5.69 Å². The van der Waals surface area contributed by atoms with E-state index < -0.39 is 0 Å².